The average Bonchev–Trinajstić information content (AvgIpc) is 3.01. The van der Waals surface area contributed by atoms with Crippen molar-refractivity contribution in [3.63, 3.8) is 0 Å². The van der Waals surface area contributed by atoms with E-state index in [0.717, 1.165) is 34.3 Å². The molecule has 0 unspecified atom stereocenters. The Morgan fingerprint density at radius 3 is 2.42 bits per heavy atom. The minimum absolute atomic E-state index is 0.0194. The topological polar surface area (TPSA) is 69.4 Å². The van der Waals surface area contributed by atoms with E-state index in [1.807, 2.05) is 37.5 Å². The Morgan fingerprint density at radius 2 is 1.81 bits per heavy atom. The molecule has 36 heavy (non-hydrogen) atoms. The van der Waals surface area contributed by atoms with Crippen LogP contribution in [0.4, 0.5) is 4.79 Å². The summed E-state index contributed by atoms with van der Waals surface area (Å²) in [5.41, 5.74) is 6.32. The van der Waals surface area contributed by atoms with Gasteiger partial charge in [-0.2, -0.15) is 0 Å². The number of carbonyl (C=O) groups excluding carboxylic acids is 1. The maximum absolute atomic E-state index is 12.9. The lowest BCUT2D eigenvalue weighted by Gasteiger charge is -2.29. The van der Waals surface area contributed by atoms with E-state index in [9.17, 15) is 9.59 Å². The first kappa shape index (κ1) is 25.7. The largest absolute Gasteiger partial charge is 0.444 e. The van der Waals surface area contributed by atoms with Gasteiger partial charge < -0.3 is 9.64 Å². The predicted octanol–water partition coefficient (Wildman–Crippen LogP) is 5.78. The molecule has 0 N–H and O–H groups in total. The molecule has 3 aromatic rings. The summed E-state index contributed by atoms with van der Waals surface area (Å²) < 4.78 is 8.97. The number of fused-ring (bicyclic) bond motifs is 1. The standard InChI is InChI=1S/C29H38N4O3/c1-19-9-10-21(20-13-15-32(16-14-20)27(35)36-29(5,6)7)17-22(19)23-11-12-24-25(30-23)31(8)26(34)33(24)18-28(2,3)4/h9-13,17H,14-16,18H2,1-8H3. The lowest BCUT2D eigenvalue weighted by atomic mass is 9.94. The average molecular weight is 491 g/mol. The zero-order valence-electron chi connectivity index (χ0n) is 22.8. The quantitative estimate of drug-likeness (QED) is 0.467. The Bertz CT molecular complexity index is 1400. The van der Waals surface area contributed by atoms with Gasteiger partial charge in [-0.3, -0.25) is 9.13 Å². The number of aromatic nitrogens is 3. The third kappa shape index (κ3) is 5.40. The number of amides is 1. The highest BCUT2D eigenvalue weighted by molar-refractivity contribution is 5.80. The number of carbonyl (C=O) groups is 1. The van der Waals surface area contributed by atoms with Crippen LogP contribution in [0.25, 0.3) is 28.0 Å². The number of benzene rings is 1. The molecular weight excluding hydrogens is 452 g/mol. The zero-order valence-corrected chi connectivity index (χ0v) is 22.8. The van der Waals surface area contributed by atoms with E-state index < -0.39 is 5.60 Å². The second-order valence-electron chi connectivity index (χ2n) is 12.0. The molecule has 0 aliphatic carbocycles. The summed E-state index contributed by atoms with van der Waals surface area (Å²) in [6.45, 7) is 15.9. The lowest BCUT2D eigenvalue weighted by Crippen LogP contribution is -2.39. The summed E-state index contributed by atoms with van der Waals surface area (Å²) in [7, 11) is 1.78. The summed E-state index contributed by atoms with van der Waals surface area (Å²) in [5, 5.41) is 0. The molecule has 7 nitrogen and oxygen atoms in total. The number of aryl methyl sites for hydroxylation is 2. The van der Waals surface area contributed by atoms with Gasteiger partial charge in [0.15, 0.2) is 5.65 Å². The summed E-state index contributed by atoms with van der Waals surface area (Å²) in [5.74, 6) is 0. The van der Waals surface area contributed by atoms with Crippen LogP contribution in [0, 0.1) is 12.3 Å². The Hall–Kier alpha value is -3.35. The molecule has 0 bridgehead atoms. The molecule has 192 valence electrons. The van der Waals surface area contributed by atoms with Gasteiger partial charge in [0.25, 0.3) is 0 Å². The highest BCUT2D eigenvalue weighted by Crippen LogP contribution is 2.30. The van der Waals surface area contributed by atoms with Gasteiger partial charge in [0.1, 0.15) is 5.60 Å². The number of hydrogen-bond donors (Lipinski definition) is 0. The zero-order chi connectivity index (χ0) is 26.4. The fraction of sp³-hybridized carbons (Fsp3) is 0.483. The van der Waals surface area contributed by atoms with E-state index in [0.29, 0.717) is 25.3 Å². The van der Waals surface area contributed by atoms with Crippen LogP contribution in [-0.4, -0.2) is 43.8 Å². The van der Waals surface area contributed by atoms with Gasteiger partial charge in [-0.15, -0.1) is 0 Å². The lowest BCUT2D eigenvalue weighted by molar-refractivity contribution is 0.0270. The molecule has 1 aliphatic rings. The highest BCUT2D eigenvalue weighted by Gasteiger charge is 2.24. The fourth-order valence-electron chi connectivity index (χ4n) is 4.57. The van der Waals surface area contributed by atoms with Crippen LogP contribution in [0.5, 0.6) is 0 Å². The van der Waals surface area contributed by atoms with Gasteiger partial charge in [0.2, 0.25) is 0 Å². The molecule has 0 spiro atoms. The maximum Gasteiger partial charge on any atom is 0.410 e. The summed E-state index contributed by atoms with van der Waals surface area (Å²) >= 11 is 0. The molecule has 1 amide bonds. The minimum Gasteiger partial charge on any atom is -0.444 e. The van der Waals surface area contributed by atoms with Crippen LogP contribution < -0.4 is 5.69 Å². The van der Waals surface area contributed by atoms with Crippen LogP contribution in [0.15, 0.2) is 41.2 Å². The van der Waals surface area contributed by atoms with Crippen LogP contribution in [0.2, 0.25) is 0 Å². The highest BCUT2D eigenvalue weighted by atomic mass is 16.6. The molecule has 0 radical (unpaired) electrons. The Kier molecular flexibility index (Phi) is 6.62. The second kappa shape index (κ2) is 9.26. The van der Waals surface area contributed by atoms with Gasteiger partial charge in [-0.1, -0.05) is 39.0 Å². The van der Waals surface area contributed by atoms with Crippen molar-refractivity contribution in [3.05, 3.63) is 58.0 Å². The van der Waals surface area contributed by atoms with Gasteiger partial charge >= 0.3 is 11.8 Å². The first-order valence-electron chi connectivity index (χ1n) is 12.6. The molecule has 0 atom stereocenters. The SMILES string of the molecule is Cc1ccc(C2=CCN(C(=O)OC(C)(C)C)CC2)cc1-c1ccc2c(n1)n(C)c(=O)n2CC(C)(C)C. The Morgan fingerprint density at radius 1 is 1.08 bits per heavy atom. The molecule has 0 saturated carbocycles. The number of imidazole rings is 1. The van der Waals surface area contributed by atoms with Gasteiger partial charge in [0.05, 0.1) is 11.2 Å². The van der Waals surface area contributed by atoms with Crippen molar-refractivity contribution < 1.29 is 9.53 Å². The van der Waals surface area contributed by atoms with Crippen LogP contribution >= 0.6 is 0 Å². The summed E-state index contributed by atoms with van der Waals surface area (Å²) in [4.78, 5) is 32.0. The molecule has 1 aromatic carbocycles. The third-order valence-electron chi connectivity index (χ3n) is 6.36. The number of pyridine rings is 1. The van der Waals surface area contributed by atoms with Crippen molar-refractivity contribution in [3.8, 4) is 11.3 Å². The molecule has 3 heterocycles. The molecule has 4 rings (SSSR count). The maximum atomic E-state index is 12.9. The number of hydrogen-bond acceptors (Lipinski definition) is 4. The van der Waals surface area contributed by atoms with Crippen LogP contribution in [0.3, 0.4) is 0 Å². The number of nitrogens with zero attached hydrogens (tertiary/aromatic N) is 4. The van der Waals surface area contributed by atoms with Crippen molar-refractivity contribution in [2.75, 3.05) is 13.1 Å². The third-order valence-corrected chi connectivity index (χ3v) is 6.36. The molecule has 7 heteroatoms. The van der Waals surface area contributed by atoms with Crippen LogP contribution in [0.1, 0.15) is 59.1 Å². The van der Waals surface area contributed by atoms with E-state index >= 15 is 0 Å². The van der Waals surface area contributed by atoms with E-state index in [2.05, 4.69) is 52.0 Å². The monoisotopic (exact) mass is 490 g/mol. The Balaban J connectivity index is 1.64. The second-order valence-corrected chi connectivity index (χ2v) is 12.0. The van der Waals surface area contributed by atoms with E-state index in [-0.39, 0.29) is 17.2 Å². The van der Waals surface area contributed by atoms with Crippen LogP contribution in [-0.2, 0) is 18.3 Å². The van der Waals surface area contributed by atoms with Crippen molar-refractivity contribution in [2.24, 2.45) is 12.5 Å². The predicted molar refractivity (Wildman–Crippen MR) is 145 cm³/mol. The fourth-order valence-corrected chi connectivity index (χ4v) is 4.57. The number of ether oxygens (including phenoxy) is 1. The van der Waals surface area contributed by atoms with Gasteiger partial charge in [-0.05, 0) is 74.4 Å². The molecule has 0 saturated heterocycles. The Labute approximate surface area is 213 Å². The van der Waals surface area contributed by atoms with Crippen molar-refractivity contribution in [1.82, 2.24) is 19.0 Å². The molecule has 1 aliphatic heterocycles. The van der Waals surface area contributed by atoms with Gasteiger partial charge in [-0.25, -0.2) is 14.6 Å². The van der Waals surface area contributed by atoms with E-state index in [1.54, 1.807) is 16.5 Å². The van der Waals surface area contributed by atoms with E-state index in [4.69, 9.17) is 9.72 Å². The molecule has 0 fully saturated rings. The minimum atomic E-state index is -0.502. The number of rotatable bonds is 3. The van der Waals surface area contributed by atoms with Crippen molar-refractivity contribution in [1.29, 1.82) is 0 Å². The normalized spacial score (nSPS) is 14.8. The van der Waals surface area contributed by atoms with E-state index in [1.165, 1.54) is 5.57 Å². The molecular formula is C29H38N4O3. The van der Waals surface area contributed by atoms with Crippen molar-refractivity contribution >= 4 is 22.8 Å². The summed E-state index contributed by atoms with van der Waals surface area (Å²) in [6, 6.07) is 10.4. The first-order valence-corrected chi connectivity index (χ1v) is 12.6. The van der Waals surface area contributed by atoms with Crippen molar-refractivity contribution in [2.45, 2.75) is 67.0 Å². The first-order chi connectivity index (χ1) is 16.7. The molecule has 2 aromatic heterocycles. The summed E-state index contributed by atoms with van der Waals surface area (Å²) in [6.07, 6.45) is 2.59. The smallest absolute Gasteiger partial charge is 0.410 e. The van der Waals surface area contributed by atoms with Gasteiger partial charge in [0, 0.05) is 32.2 Å².